The predicted molar refractivity (Wildman–Crippen MR) is 137 cm³/mol. The third-order valence-electron chi connectivity index (χ3n) is 8.62. The highest BCUT2D eigenvalue weighted by Crippen LogP contribution is 2.61. The zero-order chi connectivity index (χ0) is 28.0. The van der Waals surface area contributed by atoms with Crippen LogP contribution in [0.15, 0.2) is 47.6 Å². The number of methoxy groups -OCH3 is 1. The molecule has 1 saturated carbocycles. The summed E-state index contributed by atoms with van der Waals surface area (Å²) >= 11 is 0. The van der Waals surface area contributed by atoms with Crippen molar-refractivity contribution in [2.24, 2.45) is 16.7 Å². The van der Waals surface area contributed by atoms with Gasteiger partial charge in [-0.1, -0.05) is 19.1 Å². The van der Waals surface area contributed by atoms with E-state index in [0.717, 1.165) is 0 Å². The van der Waals surface area contributed by atoms with Crippen LogP contribution in [0.3, 0.4) is 0 Å². The van der Waals surface area contributed by atoms with Gasteiger partial charge < -0.3 is 14.2 Å². The number of ether oxygens (including phenoxy) is 3. The van der Waals surface area contributed by atoms with Crippen molar-refractivity contribution < 1.29 is 38.2 Å². The van der Waals surface area contributed by atoms with E-state index in [1.165, 1.54) is 14.0 Å². The summed E-state index contributed by atoms with van der Waals surface area (Å²) in [6.45, 7) is 13.1. The molecule has 0 spiro atoms. The summed E-state index contributed by atoms with van der Waals surface area (Å²) in [6, 6.07) is 0. The number of ketones is 3. The molecule has 38 heavy (non-hydrogen) atoms. The molecule has 204 valence electrons. The van der Waals surface area contributed by atoms with Gasteiger partial charge in [0, 0.05) is 69.0 Å². The van der Waals surface area contributed by atoms with E-state index in [1.807, 2.05) is 4.90 Å². The summed E-state index contributed by atoms with van der Waals surface area (Å²) in [7, 11) is 1.45. The smallest absolute Gasteiger partial charge is 0.336 e. The molecule has 0 radical (unpaired) electrons. The second-order valence-electron chi connectivity index (χ2n) is 10.9. The van der Waals surface area contributed by atoms with Crippen LogP contribution in [0.4, 0.5) is 0 Å². The van der Waals surface area contributed by atoms with Crippen molar-refractivity contribution in [2.75, 3.05) is 33.4 Å². The number of nitrogens with zero attached hydrogens (tertiary/aromatic N) is 1. The predicted octanol–water partition coefficient (Wildman–Crippen LogP) is 2.30. The monoisotopic (exact) mass is 525 g/mol. The number of cyclic esters (lactones) is 1. The molecular formula is C29H35NO8. The molecule has 4 rings (SSSR count). The minimum absolute atomic E-state index is 0.0216. The van der Waals surface area contributed by atoms with Gasteiger partial charge in [-0.3, -0.25) is 24.1 Å². The lowest BCUT2D eigenvalue weighted by Gasteiger charge is -2.53. The summed E-state index contributed by atoms with van der Waals surface area (Å²) in [5.41, 5.74) is -1.47. The first-order chi connectivity index (χ1) is 17.9. The fraction of sp³-hybridized carbons (Fsp3) is 0.552. The van der Waals surface area contributed by atoms with Crippen LogP contribution < -0.4 is 0 Å². The Morgan fingerprint density at radius 2 is 1.79 bits per heavy atom. The molecule has 4 aliphatic rings. The van der Waals surface area contributed by atoms with Gasteiger partial charge >= 0.3 is 11.9 Å². The van der Waals surface area contributed by atoms with E-state index in [-0.39, 0.29) is 48.5 Å². The third kappa shape index (κ3) is 4.12. The summed E-state index contributed by atoms with van der Waals surface area (Å²) in [4.78, 5) is 68.4. The number of fused-ring (bicyclic) bond motifs is 4. The number of Topliss-reactive ketones (excluding diaryl/α,β-unsaturated/α-hetero) is 3. The molecule has 0 aromatic carbocycles. The first-order valence-corrected chi connectivity index (χ1v) is 12.9. The Kier molecular flexibility index (Phi) is 7.47. The average molecular weight is 526 g/mol. The zero-order valence-electron chi connectivity index (χ0n) is 22.5. The van der Waals surface area contributed by atoms with Gasteiger partial charge in [0.25, 0.3) is 0 Å². The van der Waals surface area contributed by atoms with Gasteiger partial charge in [0.2, 0.25) is 11.6 Å². The molecule has 1 aliphatic heterocycles. The van der Waals surface area contributed by atoms with Gasteiger partial charge in [-0.15, -0.1) is 13.2 Å². The highest BCUT2D eigenvalue weighted by Gasteiger charge is 2.65. The second-order valence-corrected chi connectivity index (χ2v) is 10.9. The Labute approximate surface area is 222 Å². The second kappa shape index (κ2) is 10.2. The van der Waals surface area contributed by atoms with Crippen molar-refractivity contribution in [1.29, 1.82) is 0 Å². The molecule has 2 unspecified atom stereocenters. The SMILES string of the molecule is C=CCN(CC=C)CC1=C2C(=O)C(=O)C3=C([C@H](OC(C)=O)CC4(C)C(=O)CC[C@@H]34)C2(C)[C@@H](COC)OC1=O. The van der Waals surface area contributed by atoms with E-state index >= 15 is 0 Å². The van der Waals surface area contributed by atoms with Crippen LogP contribution in [-0.2, 0) is 38.2 Å². The first-order valence-electron chi connectivity index (χ1n) is 12.9. The molecule has 1 heterocycles. The van der Waals surface area contributed by atoms with Crippen LogP contribution in [0.5, 0.6) is 0 Å². The Hall–Kier alpha value is -3.17. The number of hydrogen-bond donors (Lipinski definition) is 0. The number of carbonyl (C=O) groups is 5. The number of carbonyl (C=O) groups excluding carboxylic acids is 5. The Morgan fingerprint density at radius 1 is 1.13 bits per heavy atom. The highest BCUT2D eigenvalue weighted by atomic mass is 16.6. The molecule has 0 saturated heterocycles. The molecule has 5 atom stereocenters. The molecule has 9 nitrogen and oxygen atoms in total. The molecule has 1 fully saturated rings. The molecule has 0 amide bonds. The first kappa shape index (κ1) is 27.9. The normalized spacial score (nSPS) is 32.6. The van der Waals surface area contributed by atoms with Gasteiger partial charge in [-0.05, 0) is 18.9 Å². The van der Waals surface area contributed by atoms with E-state index in [4.69, 9.17) is 14.2 Å². The quantitative estimate of drug-likeness (QED) is 0.254. The van der Waals surface area contributed by atoms with Crippen LogP contribution in [0.2, 0.25) is 0 Å². The molecule has 0 N–H and O–H groups in total. The minimum Gasteiger partial charge on any atom is -0.458 e. The van der Waals surface area contributed by atoms with Crippen molar-refractivity contribution in [3.05, 3.63) is 47.6 Å². The van der Waals surface area contributed by atoms with Crippen molar-refractivity contribution in [3.63, 3.8) is 0 Å². The lowest BCUT2D eigenvalue weighted by atomic mass is 9.52. The van der Waals surface area contributed by atoms with E-state index in [0.29, 0.717) is 25.1 Å². The molecule has 0 aromatic rings. The number of hydrogen-bond acceptors (Lipinski definition) is 9. The van der Waals surface area contributed by atoms with Crippen molar-refractivity contribution in [2.45, 2.75) is 52.2 Å². The average Bonchev–Trinajstić information content (AvgIpc) is 3.13. The van der Waals surface area contributed by atoms with Crippen LogP contribution in [-0.4, -0.2) is 79.7 Å². The molecule has 0 bridgehead atoms. The standard InChI is InChI=1S/C29H35NO8/c1-7-11-30(12-8-2)14-17-23-26(34)25(33)22-18-9-10-20(32)28(18,4)13-19(37-16(3)31)24(22)29(23,5)21(15-36-6)38-27(17)35/h7-8,18-19,21H,1-2,9-15H2,3-6H3/t18-,19+,21+,28?,29?/m0/s1. The largest absolute Gasteiger partial charge is 0.458 e. The number of rotatable bonds is 9. The van der Waals surface area contributed by atoms with Crippen LogP contribution >= 0.6 is 0 Å². The molecular weight excluding hydrogens is 490 g/mol. The van der Waals surface area contributed by atoms with Crippen LogP contribution in [0.1, 0.15) is 40.0 Å². The summed E-state index contributed by atoms with van der Waals surface area (Å²) in [5.74, 6) is -3.34. The third-order valence-corrected chi connectivity index (χ3v) is 8.62. The molecule has 3 aliphatic carbocycles. The maximum Gasteiger partial charge on any atom is 0.336 e. The van der Waals surface area contributed by atoms with Crippen LogP contribution in [0.25, 0.3) is 0 Å². The van der Waals surface area contributed by atoms with Crippen molar-refractivity contribution in [3.8, 4) is 0 Å². The van der Waals surface area contributed by atoms with E-state index in [2.05, 4.69) is 13.2 Å². The number of allylic oxidation sites excluding steroid dienone is 1. The topological polar surface area (TPSA) is 116 Å². The Morgan fingerprint density at radius 3 is 2.37 bits per heavy atom. The van der Waals surface area contributed by atoms with Crippen molar-refractivity contribution >= 4 is 29.3 Å². The maximum absolute atomic E-state index is 14.0. The van der Waals surface area contributed by atoms with Gasteiger partial charge in [0.15, 0.2) is 0 Å². The Bertz CT molecular complexity index is 1180. The number of esters is 2. The van der Waals surface area contributed by atoms with E-state index in [1.54, 1.807) is 26.0 Å². The summed E-state index contributed by atoms with van der Waals surface area (Å²) < 4.78 is 17.1. The van der Waals surface area contributed by atoms with E-state index < -0.39 is 52.5 Å². The molecule has 9 heteroatoms. The highest BCUT2D eigenvalue weighted by molar-refractivity contribution is 6.51. The fourth-order valence-corrected chi connectivity index (χ4v) is 6.94. The van der Waals surface area contributed by atoms with Gasteiger partial charge in [-0.25, -0.2) is 4.79 Å². The van der Waals surface area contributed by atoms with Gasteiger partial charge in [0.1, 0.15) is 18.0 Å². The van der Waals surface area contributed by atoms with Crippen LogP contribution in [0, 0.1) is 16.7 Å². The summed E-state index contributed by atoms with van der Waals surface area (Å²) in [5, 5.41) is 0. The Balaban J connectivity index is 2.03. The van der Waals surface area contributed by atoms with Gasteiger partial charge in [0.05, 0.1) is 17.6 Å². The maximum atomic E-state index is 14.0. The molecule has 0 aromatic heterocycles. The fourth-order valence-electron chi connectivity index (χ4n) is 6.94. The van der Waals surface area contributed by atoms with Gasteiger partial charge in [-0.2, -0.15) is 0 Å². The minimum atomic E-state index is -1.30. The van der Waals surface area contributed by atoms with E-state index in [9.17, 15) is 24.0 Å². The zero-order valence-corrected chi connectivity index (χ0v) is 22.5. The lowest BCUT2D eigenvalue weighted by molar-refractivity contribution is -0.162. The van der Waals surface area contributed by atoms with Crippen molar-refractivity contribution in [1.82, 2.24) is 4.90 Å². The summed E-state index contributed by atoms with van der Waals surface area (Å²) in [6.07, 6.45) is 2.31. The lowest BCUT2D eigenvalue weighted by Crippen LogP contribution is -2.59.